The third-order valence-electron chi connectivity index (χ3n) is 3.59. The smallest absolute Gasteiger partial charge is 0.239 e. The summed E-state index contributed by atoms with van der Waals surface area (Å²) in [6.45, 7) is 2.36. The van der Waals surface area contributed by atoms with Crippen molar-refractivity contribution in [1.29, 1.82) is 0 Å². The van der Waals surface area contributed by atoms with Crippen LogP contribution in [0.1, 0.15) is 25.7 Å². The normalized spacial score (nSPS) is 22.1. The fourth-order valence-corrected chi connectivity index (χ4v) is 2.68. The molecule has 1 heterocycles. The monoisotopic (exact) mass is 257 g/mol. The highest BCUT2D eigenvalue weighted by Gasteiger charge is 2.35. The lowest BCUT2D eigenvalue weighted by Gasteiger charge is -2.33. The van der Waals surface area contributed by atoms with Crippen LogP contribution in [0.5, 0.6) is 0 Å². The van der Waals surface area contributed by atoms with E-state index < -0.39 is 0 Å². The van der Waals surface area contributed by atoms with E-state index in [1.807, 2.05) is 14.1 Å². The van der Waals surface area contributed by atoms with Crippen molar-refractivity contribution in [3.05, 3.63) is 0 Å². The lowest BCUT2D eigenvalue weighted by molar-refractivity contribution is -0.134. The molecule has 0 aliphatic carbocycles. The first kappa shape index (κ1) is 15.4. The molecule has 1 fully saturated rings. The molecule has 0 spiro atoms. The molecule has 1 aliphatic heterocycles. The minimum atomic E-state index is 0.0259. The summed E-state index contributed by atoms with van der Waals surface area (Å²) in [7, 11) is 5.36. The Hall–Kier alpha value is -0.650. The molecule has 106 valence electrons. The predicted octanol–water partition coefficient (Wildman–Crippen LogP) is 0.293. The zero-order chi connectivity index (χ0) is 13.5. The third kappa shape index (κ3) is 3.93. The molecule has 0 aromatic carbocycles. The van der Waals surface area contributed by atoms with E-state index in [-0.39, 0.29) is 11.9 Å². The first-order valence-electron chi connectivity index (χ1n) is 6.77. The minimum absolute atomic E-state index is 0.0259. The molecule has 2 atom stereocenters. The highest BCUT2D eigenvalue weighted by Crippen LogP contribution is 2.23. The Morgan fingerprint density at radius 2 is 2.28 bits per heavy atom. The number of likely N-dealkylation sites (tertiary alicyclic amines) is 1. The molecule has 1 rings (SSSR count). The maximum atomic E-state index is 12.2. The fraction of sp³-hybridized carbons (Fsp3) is 0.923. The summed E-state index contributed by atoms with van der Waals surface area (Å²) in [6.07, 6.45) is 4.03. The fourth-order valence-electron chi connectivity index (χ4n) is 2.68. The van der Waals surface area contributed by atoms with Crippen LogP contribution < -0.4 is 5.73 Å². The van der Waals surface area contributed by atoms with Gasteiger partial charge in [-0.05, 0) is 38.8 Å². The van der Waals surface area contributed by atoms with E-state index >= 15 is 0 Å². The number of nitrogens with zero attached hydrogens (tertiary/aromatic N) is 2. The number of carbonyl (C=O) groups is 1. The molecule has 18 heavy (non-hydrogen) atoms. The number of hydrogen-bond acceptors (Lipinski definition) is 4. The van der Waals surface area contributed by atoms with Gasteiger partial charge in [0.2, 0.25) is 5.91 Å². The zero-order valence-corrected chi connectivity index (χ0v) is 11.9. The molecule has 1 saturated heterocycles. The van der Waals surface area contributed by atoms with Gasteiger partial charge in [-0.15, -0.1) is 0 Å². The molecule has 0 radical (unpaired) electrons. The summed E-state index contributed by atoms with van der Waals surface area (Å²) >= 11 is 0. The molecule has 0 bridgehead atoms. The number of nitrogens with two attached hydrogens (primary N) is 1. The molecule has 5 heteroatoms. The van der Waals surface area contributed by atoms with Crippen LogP contribution in [-0.2, 0) is 9.53 Å². The topological polar surface area (TPSA) is 58.8 Å². The first-order chi connectivity index (χ1) is 8.61. The van der Waals surface area contributed by atoms with Crippen molar-refractivity contribution >= 4 is 5.91 Å². The molecule has 1 amide bonds. The highest BCUT2D eigenvalue weighted by atomic mass is 16.5. The van der Waals surface area contributed by atoms with E-state index in [9.17, 15) is 4.79 Å². The maximum Gasteiger partial charge on any atom is 0.239 e. The van der Waals surface area contributed by atoms with Crippen LogP contribution in [0.2, 0.25) is 0 Å². The number of carbonyl (C=O) groups excluding carboxylic acids is 1. The summed E-state index contributed by atoms with van der Waals surface area (Å²) < 4.78 is 5.29. The Balaban J connectivity index is 2.66. The van der Waals surface area contributed by atoms with Crippen molar-refractivity contribution in [2.45, 2.75) is 37.8 Å². The Morgan fingerprint density at radius 3 is 2.83 bits per heavy atom. The highest BCUT2D eigenvalue weighted by molar-refractivity contribution is 5.81. The van der Waals surface area contributed by atoms with Gasteiger partial charge >= 0.3 is 0 Å². The Kier molecular flexibility index (Phi) is 6.60. The van der Waals surface area contributed by atoms with Crippen LogP contribution in [0, 0.1) is 0 Å². The van der Waals surface area contributed by atoms with E-state index in [0.717, 1.165) is 32.2 Å². The molecule has 2 N–H and O–H groups in total. The van der Waals surface area contributed by atoms with Gasteiger partial charge in [-0.3, -0.25) is 9.69 Å². The predicted molar refractivity (Wildman–Crippen MR) is 72.4 cm³/mol. The molecular formula is C13H27N3O2. The quantitative estimate of drug-likeness (QED) is 0.712. The molecule has 0 aromatic heterocycles. The average molecular weight is 257 g/mol. The second kappa shape index (κ2) is 7.71. The molecule has 5 nitrogen and oxygen atoms in total. The second-order valence-corrected chi connectivity index (χ2v) is 5.17. The van der Waals surface area contributed by atoms with Gasteiger partial charge in [0.15, 0.2) is 0 Å². The first-order valence-corrected chi connectivity index (χ1v) is 6.77. The standard InChI is InChI=1S/C13H27N3O2/c1-15(2)13(17)12-7-5-9-16(12)11(10-18-3)6-4-8-14/h11-12H,4-10,14H2,1-3H3. The van der Waals surface area contributed by atoms with Crippen LogP contribution >= 0.6 is 0 Å². The largest absolute Gasteiger partial charge is 0.383 e. The Bertz CT molecular complexity index is 259. The van der Waals surface area contributed by atoms with Gasteiger partial charge in [0.1, 0.15) is 0 Å². The summed E-state index contributed by atoms with van der Waals surface area (Å²) in [5, 5.41) is 0. The summed E-state index contributed by atoms with van der Waals surface area (Å²) in [5.41, 5.74) is 5.58. The van der Waals surface area contributed by atoms with Crippen LogP contribution in [0.4, 0.5) is 0 Å². The third-order valence-corrected chi connectivity index (χ3v) is 3.59. The van der Waals surface area contributed by atoms with Crippen molar-refractivity contribution in [2.75, 3.05) is 40.9 Å². The lowest BCUT2D eigenvalue weighted by Crippen LogP contribution is -2.49. The molecule has 0 aromatic rings. The summed E-state index contributed by atoms with van der Waals surface area (Å²) in [6, 6.07) is 0.341. The lowest BCUT2D eigenvalue weighted by atomic mass is 10.1. The van der Waals surface area contributed by atoms with Gasteiger partial charge in [-0.1, -0.05) is 0 Å². The Labute approximate surface area is 110 Å². The number of ether oxygens (including phenoxy) is 1. The van der Waals surface area contributed by atoms with Gasteiger partial charge in [0.05, 0.1) is 12.6 Å². The molecule has 1 aliphatic rings. The van der Waals surface area contributed by atoms with Crippen molar-refractivity contribution in [2.24, 2.45) is 5.73 Å². The van der Waals surface area contributed by atoms with Crippen molar-refractivity contribution in [3.8, 4) is 0 Å². The van der Waals surface area contributed by atoms with Gasteiger partial charge in [-0.25, -0.2) is 0 Å². The molecule has 0 saturated carbocycles. The number of likely N-dealkylation sites (N-methyl/N-ethyl adjacent to an activating group) is 1. The SMILES string of the molecule is COCC(CCCN)N1CCCC1C(=O)N(C)C. The number of amides is 1. The van der Waals surface area contributed by atoms with Gasteiger partial charge in [-0.2, -0.15) is 0 Å². The maximum absolute atomic E-state index is 12.2. The van der Waals surface area contributed by atoms with E-state index in [2.05, 4.69) is 4.90 Å². The Morgan fingerprint density at radius 1 is 1.56 bits per heavy atom. The average Bonchev–Trinajstić information content (AvgIpc) is 2.82. The number of methoxy groups -OCH3 is 1. The van der Waals surface area contributed by atoms with Crippen molar-refractivity contribution in [3.63, 3.8) is 0 Å². The van der Waals surface area contributed by atoms with E-state index in [1.165, 1.54) is 0 Å². The number of hydrogen-bond donors (Lipinski definition) is 1. The van der Waals surface area contributed by atoms with E-state index in [0.29, 0.717) is 19.2 Å². The van der Waals surface area contributed by atoms with Gasteiger partial charge < -0.3 is 15.4 Å². The van der Waals surface area contributed by atoms with Gasteiger partial charge in [0, 0.05) is 27.2 Å². The second-order valence-electron chi connectivity index (χ2n) is 5.17. The van der Waals surface area contributed by atoms with Gasteiger partial charge in [0.25, 0.3) is 0 Å². The van der Waals surface area contributed by atoms with E-state index in [1.54, 1.807) is 12.0 Å². The number of rotatable bonds is 7. The summed E-state index contributed by atoms with van der Waals surface area (Å²) in [4.78, 5) is 16.2. The van der Waals surface area contributed by atoms with Crippen LogP contribution in [0.3, 0.4) is 0 Å². The van der Waals surface area contributed by atoms with Crippen molar-refractivity contribution < 1.29 is 9.53 Å². The summed E-state index contributed by atoms with van der Waals surface area (Å²) in [5.74, 6) is 0.210. The molecular weight excluding hydrogens is 230 g/mol. The zero-order valence-electron chi connectivity index (χ0n) is 11.9. The van der Waals surface area contributed by atoms with Crippen LogP contribution in [0.15, 0.2) is 0 Å². The van der Waals surface area contributed by atoms with E-state index in [4.69, 9.17) is 10.5 Å². The van der Waals surface area contributed by atoms with Crippen LogP contribution in [0.25, 0.3) is 0 Å². The van der Waals surface area contributed by atoms with Crippen LogP contribution in [-0.4, -0.2) is 68.7 Å². The van der Waals surface area contributed by atoms with Crippen molar-refractivity contribution in [1.82, 2.24) is 9.80 Å². The minimum Gasteiger partial charge on any atom is -0.383 e. The molecule has 2 unspecified atom stereocenters.